The molecule has 3 fully saturated rings. The Balaban J connectivity index is 1.46. The lowest BCUT2D eigenvalue weighted by Crippen LogP contribution is -2.53. The van der Waals surface area contributed by atoms with Gasteiger partial charge < -0.3 is 25.4 Å². The number of anilines is 2. The Labute approximate surface area is 241 Å². The number of rotatable bonds is 9. The number of ether oxygens (including phenoxy) is 1. The molecule has 3 aliphatic rings. The maximum Gasteiger partial charge on any atom is 0.248 e. The summed E-state index contributed by atoms with van der Waals surface area (Å²) >= 11 is 5.38. The molecule has 8 nitrogen and oxygen atoms in total. The van der Waals surface area contributed by atoms with Gasteiger partial charge in [0.15, 0.2) is 0 Å². The van der Waals surface area contributed by atoms with Crippen molar-refractivity contribution >= 4 is 56.8 Å². The zero-order valence-corrected chi connectivity index (χ0v) is 24.7. The number of aliphatic hydroxyl groups is 1. The molecule has 2 bridgehead atoms. The van der Waals surface area contributed by atoms with Crippen LogP contribution in [0.4, 0.5) is 11.4 Å². The molecule has 3 heterocycles. The number of aryl methyl sites for hydroxylation is 2. The van der Waals surface area contributed by atoms with Crippen LogP contribution in [0.2, 0.25) is 0 Å². The number of thioether (sulfide) groups is 1. The average molecular weight is 617 g/mol. The van der Waals surface area contributed by atoms with Crippen LogP contribution >= 0.6 is 27.7 Å². The highest BCUT2D eigenvalue weighted by atomic mass is 79.9. The Morgan fingerprint density at radius 1 is 1.13 bits per heavy atom. The minimum absolute atomic E-state index is 0.0177. The summed E-state index contributed by atoms with van der Waals surface area (Å²) < 4.78 is 4.75. The number of para-hydroxylation sites is 1. The quantitative estimate of drug-likeness (QED) is 0.366. The fraction of sp³-hybridized carbons (Fsp3) is 0.483. The molecule has 10 heteroatoms. The third-order valence-corrected chi connectivity index (χ3v) is 11.3. The molecule has 0 radical (unpaired) electrons. The summed E-state index contributed by atoms with van der Waals surface area (Å²) in [5.41, 5.74) is 3.26. The van der Waals surface area contributed by atoms with Crippen molar-refractivity contribution in [2.24, 2.45) is 11.8 Å². The van der Waals surface area contributed by atoms with Gasteiger partial charge in [0.05, 0.1) is 23.2 Å². The molecular formula is C29H34BrN3O5S. The molecule has 39 heavy (non-hydrogen) atoms. The number of likely N-dealkylation sites (tertiary alicyclic amines) is 1. The number of alkyl halides is 1. The summed E-state index contributed by atoms with van der Waals surface area (Å²) in [6.45, 7) is 6.51. The highest BCUT2D eigenvalue weighted by molar-refractivity contribution is 9.09. The first-order valence-electron chi connectivity index (χ1n) is 13.4. The van der Waals surface area contributed by atoms with Crippen molar-refractivity contribution in [3.8, 4) is 5.75 Å². The van der Waals surface area contributed by atoms with Crippen molar-refractivity contribution < 1.29 is 24.2 Å². The summed E-state index contributed by atoms with van der Waals surface area (Å²) in [7, 11) is 0. The largest absolute Gasteiger partial charge is 0.494 e. The highest BCUT2D eigenvalue weighted by Gasteiger charge is 2.75. The van der Waals surface area contributed by atoms with Gasteiger partial charge in [-0.1, -0.05) is 34.1 Å². The van der Waals surface area contributed by atoms with Crippen molar-refractivity contribution in [3.05, 3.63) is 53.6 Å². The van der Waals surface area contributed by atoms with E-state index in [1.165, 1.54) is 0 Å². The molecule has 0 aromatic heterocycles. The van der Waals surface area contributed by atoms with Crippen LogP contribution in [-0.4, -0.2) is 68.4 Å². The second-order valence-corrected chi connectivity index (χ2v) is 13.2. The average Bonchev–Trinajstić information content (AvgIpc) is 3.49. The van der Waals surface area contributed by atoms with Gasteiger partial charge in [-0.15, -0.1) is 11.8 Å². The molecule has 3 saturated heterocycles. The molecule has 3 amide bonds. The number of carbonyl (C=O) groups excluding carboxylic acids is 3. The van der Waals surface area contributed by atoms with E-state index in [2.05, 4.69) is 26.6 Å². The maximum absolute atomic E-state index is 14.0. The number of hydrogen-bond acceptors (Lipinski definition) is 6. The minimum Gasteiger partial charge on any atom is -0.494 e. The molecule has 1 spiro atoms. The maximum atomic E-state index is 14.0. The molecule has 0 aliphatic carbocycles. The number of halogens is 1. The minimum atomic E-state index is -0.751. The molecule has 6 atom stereocenters. The Hall–Kier alpha value is -2.56. The van der Waals surface area contributed by atoms with Crippen LogP contribution in [0.25, 0.3) is 0 Å². The van der Waals surface area contributed by atoms with Crippen LogP contribution in [-0.2, 0) is 14.4 Å². The van der Waals surface area contributed by atoms with Crippen molar-refractivity contribution in [1.82, 2.24) is 4.90 Å². The zero-order chi connectivity index (χ0) is 27.9. The lowest BCUT2D eigenvalue weighted by atomic mass is 9.70. The summed E-state index contributed by atoms with van der Waals surface area (Å²) in [6, 6.07) is 12.3. The van der Waals surface area contributed by atoms with Crippen molar-refractivity contribution in [3.63, 3.8) is 0 Å². The fourth-order valence-electron chi connectivity index (χ4n) is 6.44. The van der Waals surface area contributed by atoms with Crippen LogP contribution in [0.1, 0.15) is 30.9 Å². The molecule has 3 unspecified atom stereocenters. The van der Waals surface area contributed by atoms with Crippen LogP contribution in [0.5, 0.6) is 5.75 Å². The predicted octanol–water partition coefficient (Wildman–Crippen LogP) is 4.13. The predicted molar refractivity (Wildman–Crippen MR) is 156 cm³/mol. The highest BCUT2D eigenvalue weighted by Crippen LogP contribution is 2.67. The van der Waals surface area contributed by atoms with Gasteiger partial charge in [0.1, 0.15) is 11.8 Å². The number of benzene rings is 2. The normalized spacial score (nSPS) is 28.9. The molecule has 2 aromatic rings. The third-order valence-electron chi connectivity index (χ3n) is 8.06. The molecule has 5 rings (SSSR count). The molecular weight excluding hydrogens is 582 g/mol. The smallest absolute Gasteiger partial charge is 0.248 e. The Kier molecular flexibility index (Phi) is 7.99. The first-order valence-corrected chi connectivity index (χ1v) is 15.2. The number of hydrogen-bond donors (Lipinski definition) is 3. The standard InChI is InChI=1S/C29H34BrN3O5S/c1-4-38-19-11-9-18(10-12-19)31-26(35)21-22-28(37)33(13-6-14-34)25(29(22)15-20(30)24(21)39-29)27(36)32-23-16(2)7-5-8-17(23)3/h5,7-12,20-22,24-25,34H,4,6,13-15H2,1-3H3,(H,31,35)(H,32,36)/t20?,21-,22+,24-,25?,29?/m1/s1. The van der Waals surface area contributed by atoms with Crippen LogP contribution in [0.3, 0.4) is 0 Å². The third kappa shape index (κ3) is 4.85. The first-order chi connectivity index (χ1) is 18.7. The van der Waals surface area contributed by atoms with E-state index in [-0.39, 0.29) is 41.0 Å². The van der Waals surface area contributed by atoms with E-state index in [1.54, 1.807) is 40.9 Å². The number of amides is 3. The van der Waals surface area contributed by atoms with Crippen molar-refractivity contribution in [2.45, 2.75) is 54.5 Å². The van der Waals surface area contributed by atoms with E-state index in [9.17, 15) is 19.5 Å². The molecule has 0 saturated carbocycles. The Bertz CT molecular complexity index is 1250. The number of nitrogens with one attached hydrogen (secondary N) is 2. The van der Waals surface area contributed by atoms with E-state index >= 15 is 0 Å². The van der Waals surface area contributed by atoms with E-state index in [1.807, 2.05) is 39.0 Å². The Morgan fingerprint density at radius 2 is 1.82 bits per heavy atom. The number of carbonyl (C=O) groups is 3. The SMILES string of the molecule is CCOc1ccc(NC(=O)[C@H]2[C@@H]3SC4(CC3Br)C(C(=O)Nc3c(C)cccc3C)N(CCCO)C(=O)[C@H]24)cc1. The van der Waals surface area contributed by atoms with Crippen LogP contribution in [0, 0.1) is 25.7 Å². The molecule has 3 aliphatic heterocycles. The fourth-order valence-corrected chi connectivity index (χ4v) is 10.1. The number of aliphatic hydroxyl groups excluding tert-OH is 1. The summed E-state index contributed by atoms with van der Waals surface area (Å²) in [4.78, 5) is 43.3. The first kappa shape index (κ1) is 28.0. The van der Waals surface area contributed by atoms with Gasteiger partial charge >= 0.3 is 0 Å². The lowest BCUT2D eigenvalue weighted by molar-refractivity contribution is -0.138. The molecule has 2 aromatic carbocycles. The van der Waals surface area contributed by atoms with Gasteiger partial charge in [-0.2, -0.15) is 0 Å². The number of nitrogens with zero attached hydrogens (tertiary/aromatic N) is 1. The second-order valence-electron chi connectivity index (χ2n) is 10.5. The Morgan fingerprint density at radius 3 is 2.46 bits per heavy atom. The van der Waals surface area contributed by atoms with Crippen LogP contribution in [0.15, 0.2) is 42.5 Å². The lowest BCUT2D eigenvalue weighted by Gasteiger charge is -2.35. The topological polar surface area (TPSA) is 108 Å². The van der Waals surface area contributed by atoms with E-state index in [4.69, 9.17) is 4.74 Å². The van der Waals surface area contributed by atoms with Gasteiger partial charge in [-0.3, -0.25) is 14.4 Å². The van der Waals surface area contributed by atoms with Gasteiger partial charge in [-0.25, -0.2) is 0 Å². The van der Waals surface area contributed by atoms with Gasteiger partial charge in [0.25, 0.3) is 0 Å². The second kappa shape index (κ2) is 11.1. The summed E-state index contributed by atoms with van der Waals surface area (Å²) in [6.07, 6.45) is 0.961. The van der Waals surface area contributed by atoms with Crippen molar-refractivity contribution in [1.29, 1.82) is 0 Å². The van der Waals surface area contributed by atoms with E-state index in [0.717, 1.165) is 16.8 Å². The molecule has 3 N–H and O–H groups in total. The van der Waals surface area contributed by atoms with Crippen LogP contribution < -0.4 is 15.4 Å². The van der Waals surface area contributed by atoms with Gasteiger partial charge in [-0.05, 0) is 69.0 Å². The molecule has 208 valence electrons. The monoisotopic (exact) mass is 615 g/mol. The summed E-state index contributed by atoms with van der Waals surface area (Å²) in [5.74, 6) is -1.17. The van der Waals surface area contributed by atoms with Gasteiger partial charge in [0, 0.05) is 34.6 Å². The van der Waals surface area contributed by atoms with E-state index < -0.39 is 22.6 Å². The van der Waals surface area contributed by atoms with Gasteiger partial charge in [0.2, 0.25) is 17.7 Å². The number of fused-ring (bicyclic) bond motifs is 1. The summed E-state index contributed by atoms with van der Waals surface area (Å²) in [5, 5.41) is 15.5. The zero-order valence-electron chi connectivity index (χ0n) is 22.3. The van der Waals surface area contributed by atoms with E-state index in [0.29, 0.717) is 30.9 Å². The van der Waals surface area contributed by atoms with Crippen molar-refractivity contribution in [2.75, 3.05) is 30.4 Å².